The van der Waals surface area contributed by atoms with Gasteiger partial charge in [0.2, 0.25) is 5.89 Å². The number of rotatable bonds is 10. The van der Waals surface area contributed by atoms with Crippen LogP contribution < -0.4 is 9.64 Å². The Kier molecular flexibility index (Phi) is 8.49. The van der Waals surface area contributed by atoms with Crippen LogP contribution in [0.25, 0.3) is 23.3 Å². The summed E-state index contributed by atoms with van der Waals surface area (Å²) in [5.74, 6) is 0.815. The molecule has 4 rings (SSSR count). The van der Waals surface area contributed by atoms with E-state index in [9.17, 15) is 4.39 Å². The van der Waals surface area contributed by atoms with Crippen LogP contribution in [-0.4, -0.2) is 64.5 Å². The normalized spacial score (nSPS) is 16.2. The molecule has 3 heterocycles. The number of fused-ring (bicyclic) bond motifs is 1. The average molecular weight is 534 g/mol. The lowest BCUT2D eigenvalue weighted by Gasteiger charge is -2.37. The number of nitrogens with zero attached hydrogens (tertiary/aromatic N) is 3. The standard InChI is InChI=1S/C26H36FN3O4SSi/c1-26(2,3)36(4,5)33-18-19(15-27)17-32-20-6-8-22-23(14-20)34-24(29-22)9-7-21-16-28-25(35-21)30-10-12-31-13-11-30/h6-9,14,16,19H,10-13,15,17-18H2,1-5H3/b9-7+. The Morgan fingerprint density at radius 1 is 1.19 bits per heavy atom. The van der Waals surface area contributed by atoms with Crippen LogP contribution in [0.2, 0.25) is 18.1 Å². The lowest BCUT2D eigenvalue weighted by atomic mass is 10.2. The molecule has 196 valence electrons. The van der Waals surface area contributed by atoms with Crippen LogP contribution in [0.5, 0.6) is 5.75 Å². The molecular weight excluding hydrogens is 497 g/mol. The zero-order valence-electron chi connectivity index (χ0n) is 21.8. The van der Waals surface area contributed by atoms with Crippen molar-refractivity contribution in [2.24, 2.45) is 5.92 Å². The number of alkyl halides is 1. The Morgan fingerprint density at radius 3 is 2.69 bits per heavy atom. The van der Waals surface area contributed by atoms with Gasteiger partial charge in [0.05, 0.1) is 26.5 Å². The van der Waals surface area contributed by atoms with Gasteiger partial charge in [-0.15, -0.1) is 0 Å². The minimum atomic E-state index is -1.93. The average Bonchev–Trinajstić information content (AvgIpc) is 3.49. The molecule has 0 saturated carbocycles. The van der Waals surface area contributed by atoms with E-state index in [1.54, 1.807) is 17.4 Å². The minimum absolute atomic E-state index is 0.0865. The fourth-order valence-corrected chi connectivity index (χ4v) is 5.34. The van der Waals surface area contributed by atoms with Gasteiger partial charge in [-0.05, 0) is 36.3 Å². The molecule has 1 aliphatic rings. The van der Waals surface area contributed by atoms with Crippen LogP contribution in [0.3, 0.4) is 0 Å². The fraction of sp³-hybridized carbons (Fsp3) is 0.538. The number of anilines is 1. The van der Waals surface area contributed by atoms with Gasteiger partial charge >= 0.3 is 0 Å². The molecular formula is C26H36FN3O4SSi. The summed E-state index contributed by atoms with van der Waals surface area (Å²) in [6.45, 7) is 14.2. The number of benzene rings is 1. The molecule has 1 aliphatic heterocycles. The van der Waals surface area contributed by atoms with Crippen molar-refractivity contribution < 1.29 is 22.7 Å². The summed E-state index contributed by atoms with van der Waals surface area (Å²) in [6, 6.07) is 5.48. The van der Waals surface area contributed by atoms with Crippen molar-refractivity contribution >= 4 is 48.0 Å². The van der Waals surface area contributed by atoms with Gasteiger partial charge in [0.15, 0.2) is 19.0 Å². The van der Waals surface area contributed by atoms with Crippen molar-refractivity contribution in [2.45, 2.75) is 38.9 Å². The number of halogens is 1. The Morgan fingerprint density at radius 2 is 1.97 bits per heavy atom. The van der Waals surface area contributed by atoms with E-state index in [1.807, 2.05) is 30.5 Å². The molecule has 3 aromatic rings. The quantitative estimate of drug-likeness (QED) is 0.284. The summed E-state index contributed by atoms with van der Waals surface area (Å²) in [6.07, 6.45) is 5.66. The zero-order valence-corrected chi connectivity index (χ0v) is 23.6. The third-order valence-corrected chi connectivity index (χ3v) is 12.3. The van der Waals surface area contributed by atoms with E-state index < -0.39 is 15.0 Å². The first-order valence-electron chi connectivity index (χ1n) is 12.3. The second-order valence-electron chi connectivity index (χ2n) is 10.6. The number of hydrogen-bond donors (Lipinski definition) is 0. The number of aromatic nitrogens is 2. The Labute approximate surface area is 217 Å². The maximum atomic E-state index is 13.6. The van der Waals surface area contributed by atoms with E-state index >= 15 is 0 Å². The first-order chi connectivity index (χ1) is 17.1. The predicted octanol–water partition coefficient (Wildman–Crippen LogP) is 6.28. The molecule has 1 unspecified atom stereocenters. The molecule has 1 atom stereocenters. The van der Waals surface area contributed by atoms with Gasteiger partial charge in [-0.1, -0.05) is 32.1 Å². The Balaban J connectivity index is 1.34. The summed E-state index contributed by atoms with van der Waals surface area (Å²) in [4.78, 5) is 12.3. The Bertz CT molecular complexity index is 1170. The third-order valence-electron chi connectivity index (χ3n) is 6.75. The van der Waals surface area contributed by atoms with Crippen molar-refractivity contribution in [2.75, 3.05) is 51.1 Å². The van der Waals surface area contributed by atoms with E-state index in [-0.39, 0.29) is 17.6 Å². The number of thiazole rings is 1. The van der Waals surface area contributed by atoms with E-state index in [4.69, 9.17) is 18.3 Å². The van der Waals surface area contributed by atoms with Crippen molar-refractivity contribution in [1.29, 1.82) is 0 Å². The first-order valence-corrected chi connectivity index (χ1v) is 16.1. The monoisotopic (exact) mass is 533 g/mol. The molecule has 10 heteroatoms. The summed E-state index contributed by atoms with van der Waals surface area (Å²) in [7, 11) is -1.93. The Hall–Kier alpha value is -2.27. The summed E-state index contributed by atoms with van der Waals surface area (Å²) in [5.41, 5.74) is 1.36. The van der Waals surface area contributed by atoms with Crippen LogP contribution in [0.1, 0.15) is 31.5 Å². The molecule has 0 N–H and O–H groups in total. The predicted molar refractivity (Wildman–Crippen MR) is 146 cm³/mol. The van der Waals surface area contributed by atoms with Gasteiger partial charge in [0.25, 0.3) is 0 Å². The van der Waals surface area contributed by atoms with Gasteiger partial charge in [-0.2, -0.15) is 0 Å². The van der Waals surface area contributed by atoms with Gasteiger partial charge in [-0.3, -0.25) is 4.39 Å². The number of oxazole rings is 1. The van der Waals surface area contributed by atoms with Crippen molar-refractivity contribution in [3.8, 4) is 5.75 Å². The summed E-state index contributed by atoms with van der Waals surface area (Å²) < 4.78 is 37.0. The maximum absolute atomic E-state index is 13.6. The second kappa shape index (κ2) is 11.4. The SMILES string of the molecule is CC(C)(C)[Si](C)(C)OCC(CF)COc1ccc2nc(/C=C/c3cnc(N4CCOCC4)s3)oc2c1. The van der Waals surface area contributed by atoms with Crippen molar-refractivity contribution in [1.82, 2.24) is 9.97 Å². The van der Waals surface area contributed by atoms with Crippen molar-refractivity contribution in [3.05, 3.63) is 35.2 Å². The molecule has 0 amide bonds. The largest absolute Gasteiger partial charge is 0.493 e. The highest BCUT2D eigenvalue weighted by molar-refractivity contribution is 7.16. The maximum Gasteiger partial charge on any atom is 0.220 e. The molecule has 0 aliphatic carbocycles. The lowest BCUT2D eigenvalue weighted by molar-refractivity contribution is 0.122. The van der Waals surface area contributed by atoms with Crippen molar-refractivity contribution in [3.63, 3.8) is 0 Å². The molecule has 1 aromatic carbocycles. The fourth-order valence-electron chi connectivity index (χ4n) is 3.39. The van der Waals surface area contributed by atoms with Gasteiger partial charge in [-0.25, -0.2) is 9.97 Å². The van der Waals surface area contributed by atoms with Gasteiger partial charge in [0, 0.05) is 48.8 Å². The summed E-state index contributed by atoms with van der Waals surface area (Å²) >= 11 is 1.63. The van der Waals surface area contributed by atoms with Crippen LogP contribution >= 0.6 is 11.3 Å². The van der Waals surface area contributed by atoms with Crippen LogP contribution in [0.15, 0.2) is 28.8 Å². The van der Waals surface area contributed by atoms with E-state index in [0.717, 1.165) is 41.8 Å². The second-order valence-corrected chi connectivity index (χ2v) is 16.4. The van der Waals surface area contributed by atoms with E-state index in [1.165, 1.54) is 0 Å². The lowest BCUT2D eigenvalue weighted by Crippen LogP contribution is -2.42. The number of hydrogen-bond acceptors (Lipinski definition) is 8. The zero-order chi connectivity index (χ0) is 25.8. The molecule has 1 fully saturated rings. The van der Waals surface area contributed by atoms with Gasteiger partial charge < -0.3 is 23.2 Å². The van der Waals surface area contributed by atoms with Crippen LogP contribution in [-0.2, 0) is 9.16 Å². The third kappa shape index (κ3) is 6.73. The highest BCUT2D eigenvalue weighted by Gasteiger charge is 2.37. The first kappa shape index (κ1) is 26.8. The molecule has 0 radical (unpaired) electrons. The molecule has 36 heavy (non-hydrogen) atoms. The van der Waals surface area contributed by atoms with E-state index in [0.29, 0.717) is 23.8 Å². The molecule has 0 bridgehead atoms. The van der Waals surface area contributed by atoms with E-state index in [2.05, 4.69) is 48.7 Å². The highest BCUT2D eigenvalue weighted by atomic mass is 32.1. The molecule has 2 aromatic heterocycles. The smallest absolute Gasteiger partial charge is 0.220 e. The minimum Gasteiger partial charge on any atom is -0.493 e. The molecule has 0 spiro atoms. The topological polar surface area (TPSA) is 69.9 Å². The highest BCUT2D eigenvalue weighted by Crippen LogP contribution is 2.37. The summed E-state index contributed by atoms with van der Waals surface area (Å²) in [5, 5.41) is 1.09. The number of morpholine rings is 1. The number of ether oxygens (including phenoxy) is 2. The molecule has 7 nitrogen and oxygen atoms in total. The molecule has 1 saturated heterocycles. The van der Waals surface area contributed by atoms with Gasteiger partial charge in [0.1, 0.15) is 11.3 Å². The van der Waals surface area contributed by atoms with Crippen LogP contribution in [0, 0.1) is 5.92 Å². The van der Waals surface area contributed by atoms with Crippen LogP contribution in [0.4, 0.5) is 9.52 Å².